The van der Waals surface area contributed by atoms with E-state index in [0.717, 1.165) is 12.4 Å². The van der Waals surface area contributed by atoms with E-state index in [1.165, 1.54) is 0 Å². The summed E-state index contributed by atoms with van der Waals surface area (Å²) in [6.07, 6.45) is 2.04. The van der Waals surface area contributed by atoms with Gasteiger partial charge in [-0.15, -0.1) is 0 Å². The Bertz CT molecular complexity index is 432. The minimum absolute atomic E-state index is 0.0112. The number of rotatable bonds is 5. The highest BCUT2D eigenvalue weighted by Gasteiger charge is 2.14. The van der Waals surface area contributed by atoms with E-state index in [0.29, 0.717) is 6.42 Å². The quantitative estimate of drug-likeness (QED) is 0.741. The largest absolute Gasteiger partial charge is 0.393 e. The number of halogens is 1. The van der Waals surface area contributed by atoms with Gasteiger partial charge in [-0.05, 0) is 24.9 Å². The summed E-state index contributed by atoms with van der Waals surface area (Å²) in [6.45, 7) is 1.74. The first kappa shape index (κ1) is 13.3. The number of hydrogen-bond acceptors (Lipinski definition) is 5. The summed E-state index contributed by atoms with van der Waals surface area (Å²) in [5, 5.41) is 8.97. The third-order valence-electron chi connectivity index (χ3n) is 1.76. The molecule has 1 heterocycles. The maximum absolute atomic E-state index is 11.6. The first-order valence-electron chi connectivity index (χ1n) is 4.57. The maximum atomic E-state index is 11.6. The molecule has 1 atom stereocenters. The van der Waals surface area contributed by atoms with Gasteiger partial charge in [0.05, 0.1) is 18.5 Å². The Morgan fingerprint density at radius 3 is 2.56 bits per heavy atom. The fraction of sp³-hybridized carbons (Fsp3) is 0.500. The molecule has 0 saturated carbocycles. The summed E-state index contributed by atoms with van der Waals surface area (Å²) >= 11 is 5.44. The molecular formula is C8H12ClN3O3S. The molecule has 1 unspecified atom stereocenters. The van der Waals surface area contributed by atoms with Gasteiger partial charge in [-0.3, -0.25) is 0 Å². The zero-order valence-corrected chi connectivity index (χ0v) is 10.2. The lowest BCUT2D eigenvalue weighted by Crippen LogP contribution is -2.27. The van der Waals surface area contributed by atoms with E-state index in [1.807, 2.05) is 0 Å². The Balaban J connectivity index is 2.67. The predicted molar refractivity (Wildman–Crippen MR) is 58.5 cm³/mol. The molecule has 0 amide bonds. The van der Waals surface area contributed by atoms with Gasteiger partial charge in [0.2, 0.25) is 15.3 Å². The second-order valence-electron chi connectivity index (χ2n) is 3.22. The van der Waals surface area contributed by atoms with Crippen molar-refractivity contribution in [2.75, 3.05) is 6.54 Å². The minimum atomic E-state index is -3.62. The van der Waals surface area contributed by atoms with Crippen molar-refractivity contribution >= 4 is 21.6 Å². The van der Waals surface area contributed by atoms with Crippen LogP contribution in [0.2, 0.25) is 5.28 Å². The topological polar surface area (TPSA) is 92.2 Å². The summed E-state index contributed by atoms with van der Waals surface area (Å²) in [5.74, 6) is 0. The van der Waals surface area contributed by atoms with Gasteiger partial charge in [0.25, 0.3) is 0 Å². The molecule has 2 N–H and O–H groups in total. The van der Waals surface area contributed by atoms with Gasteiger partial charge in [-0.1, -0.05) is 0 Å². The number of nitrogens with zero attached hydrogens (tertiary/aromatic N) is 2. The highest BCUT2D eigenvalue weighted by molar-refractivity contribution is 7.89. The SMILES string of the molecule is CC(O)CCNS(=O)(=O)c1cnc(Cl)nc1. The molecule has 0 aliphatic heterocycles. The number of sulfonamides is 1. The predicted octanol–water partition coefficient (Wildman–Crippen LogP) is 0.179. The normalized spacial score (nSPS) is 13.7. The third kappa shape index (κ3) is 4.01. The van der Waals surface area contributed by atoms with Crippen LogP contribution in [0.5, 0.6) is 0 Å². The lowest BCUT2D eigenvalue weighted by atomic mass is 10.3. The summed E-state index contributed by atoms with van der Waals surface area (Å²) in [5.41, 5.74) is 0. The second kappa shape index (κ2) is 5.53. The van der Waals surface area contributed by atoms with Crippen LogP contribution in [0.1, 0.15) is 13.3 Å². The highest BCUT2D eigenvalue weighted by atomic mass is 35.5. The van der Waals surface area contributed by atoms with E-state index >= 15 is 0 Å². The van der Waals surface area contributed by atoms with Crippen LogP contribution in [0, 0.1) is 0 Å². The monoisotopic (exact) mass is 265 g/mol. The molecular weight excluding hydrogens is 254 g/mol. The van der Waals surface area contributed by atoms with E-state index in [-0.39, 0.29) is 16.7 Å². The summed E-state index contributed by atoms with van der Waals surface area (Å²) < 4.78 is 25.5. The Kier molecular flexibility index (Phi) is 4.60. The fourth-order valence-corrected chi connectivity index (χ4v) is 1.96. The molecule has 6 nitrogen and oxygen atoms in total. The Hall–Kier alpha value is -0.760. The van der Waals surface area contributed by atoms with Crippen LogP contribution in [0.3, 0.4) is 0 Å². The molecule has 0 radical (unpaired) electrons. The lowest BCUT2D eigenvalue weighted by molar-refractivity contribution is 0.186. The Labute approximate surface area is 98.7 Å². The third-order valence-corrected chi connectivity index (χ3v) is 3.37. The van der Waals surface area contributed by atoms with Gasteiger partial charge in [0, 0.05) is 6.54 Å². The number of nitrogens with one attached hydrogen (secondary N) is 1. The van der Waals surface area contributed by atoms with Crippen molar-refractivity contribution < 1.29 is 13.5 Å². The molecule has 0 fully saturated rings. The van der Waals surface area contributed by atoms with Crippen LogP contribution in [-0.4, -0.2) is 36.1 Å². The molecule has 0 aromatic carbocycles. The molecule has 1 aromatic rings. The summed E-state index contributed by atoms with van der Waals surface area (Å²) in [4.78, 5) is 7.10. The molecule has 1 rings (SSSR count). The van der Waals surface area contributed by atoms with Gasteiger partial charge in [-0.2, -0.15) is 0 Å². The van der Waals surface area contributed by atoms with Crippen molar-refractivity contribution in [3.05, 3.63) is 17.7 Å². The Morgan fingerprint density at radius 2 is 2.06 bits per heavy atom. The van der Waals surface area contributed by atoms with Crippen LogP contribution in [0.4, 0.5) is 0 Å². The standard InChI is InChI=1S/C8H12ClN3O3S/c1-6(13)2-3-12-16(14,15)7-4-10-8(9)11-5-7/h4-6,12-13H,2-3H2,1H3. The zero-order chi connectivity index (χ0) is 12.2. The number of aliphatic hydroxyl groups is 1. The molecule has 0 spiro atoms. The summed E-state index contributed by atoms with van der Waals surface area (Å²) in [6, 6.07) is 0. The molecule has 1 aromatic heterocycles. The molecule has 90 valence electrons. The number of aliphatic hydroxyl groups excluding tert-OH is 1. The average molecular weight is 266 g/mol. The number of hydrogen-bond donors (Lipinski definition) is 2. The van der Waals surface area contributed by atoms with Crippen LogP contribution in [0.25, 0.3) is 0 Å². The number of aromatic nitrogens is 2. The van der Waals surface area contributed by atoms with Crippen LogP contribution in [-0.2, 0) is 10.0 Å². The molecule has 8 heteroatoms. The van der Waals surface area contributed by atoms with Crippen LogP contribution < -0.4 is 4.72 Å². The molecule has 0 saturated heterocycles. The van der Waals surface area contributed by atoms with E-state index in [4.69, 9.17) is 16.7 Å². The minimum Gasteiger partial charge on any atom is -0.393 e. The van der Waals surface area contributed by atoms with Crippen LogP contribution in [0.15, 0.2) is 17.3 Å². The van der Waals surface area contributed by atoms with Gasteiger partial charge in [0.1, 0.15) is 4.90 Å². The first-order chi connectivity index (χ1) is 7.42. The van der Waals surface area contributed by atoms with Crippen molar-refractivity contribution in [2.45, 2.75) is 24.3 Å². The molecule has 0 aliphatic rings. The van der Waals surface area contributed by atoms with Gasteiger partial charge >= 0.3 is 0 Å². The average Bonchev–Trinajstić information content (AvgIpc) is 2.17. The van der Waals surface area contributed by atoms with E-state index in [9.17, 15) is 8.42 Å². The molecule has 0 aliphatic carbocycles. The van der Waals surface area contributed by atoms with Gasteiger partial charge in [-0.25, -0.2) is 23.1 Å². The van der Waals surface area contributed by atoms with E-state index in [1.54, 1.807) is 6.92 Å². The van der Waals surface area contributed by atoms with E-state index < -0.39 is 16.1 Å². The van der Waals surface area contributed by atoms with Crippen LogP contribution >= 0.6 is 11.6 Å². The summed E-state index contributed by atoms with van der Waals surface area (Å²) in [7, 11) is -3.62. The van der Waals surface area contributed by atoms with E-state index in [2.05, 4.69) is 14.7 Å². The highest BCUT2D eigenvalue weighted by Crippen LogP contribution is 2.07. The first-order valence-corrected chi connectivity index (χ1v) is 6.43. The molecule has 0 bridgehead atoms. The van der Waals surface area contributed by atoms with Crippen molar-refractivity contribution in [2.24, 2.45) is 0 Å². The smallest absolute Gasteiger partial charge is 0.243 e. The van der Waals surface area contributed by atoms with Crippen molar-refractivity contribution in [3.8, 4) is 0 Å². The Morgan fingerprint density at radius 1 is 1.50 bits per heavy atom. The van der Waals surface area contributed by atoms with Gasteiger partial charge < -0.3 is 5.11 Å². The second-order valence-corrected chi connectivity index (χ2v) is 5.33. The molecule has 16 heavy (non-hydrogen) atoms. The van der Waals surface area contributed by atoms with Crippen molar-refractivity contribution in [3.63, 3.8) is 0 Å². The fourth-order valence-electron chi connectivity index (χ4n) is 0.925. The van der Waals surface area contributed by atoms with Crippen molar-refractivity contribution in [1.82, 2.24) is 14.7 Å². The lowest BCUT2D eigenvalue weighted by Gasteiger charge is -2.07. The van der Waals surface area contributed by atoms with Gasteiger partial charge in [0.15, 0.2) is 0 Å². The van der Waals surface area contributed by atoms with Crippen molar-refractivity contribution in [1.29, 1.82) is 0 Å². The maximum Gasteiger partial charge on any atom is 0.243 e. The zero-order valence-electron chi connectivity index (χ0n) is 8.59.